The highest BCUT2D eigenvalue weighted by molar-refractivity contribution is 5.94. The average molecular weight is 256 g/mol. The number of carboxylic acid groups (broad SMARTS) is 1. The van der Waals surface area contributed by atoms with Crippen LogP contribution >= 0.6 is 0 Å². The van der Waals surface area contributed by atoms with E-state index in [4.69, 9.17) is 14.6 Å². The molecular weight excluding hydrogens is 244 g/mol. The van der Waals surface area contributed by atoms with E-state index in [9.17, 15) is 14.4 Å². The molecule has 1 heterocycles. The van der Waals surface area contributed by atoms with Gasteiger partial charge in [-0.2, -0.15) is 0 Å². The lowest BCUT2D eigenvalue weighted by Crippen LogP contribution is -2.47. The molecule has 1 unspecified atom stereocenters. The van der Waals surface area contributed by atoms with E-state index >= 15 is 0 Å². The van der Waals surface area contributed by atoms with E-state index in [0.717, 1.165) is 0 Å². The van der Waals surface area contributed by atoms with Crippen LogP contribution in [0.5, 0.6) is 0 Å². The van der Waals surface area contributed by atoms with E-state index in [1.54, 1.807) is 0 Å². The van der Waals surface area contributed by atoms with Gasteiger partial charge in [0.15, 0.2) is 5.76 Å². The van der Waals surface area contributed by atoms with Gasteiger partial charge in [0.1, 0.15) is 6.04 Å². The van der Waals surface area contributed by atoms with Crippen molar-refractivity contribution in [2.45, 2.75) is 6.04 Å². The fourth-order valence-electron chi connectivity index (χ4n) is 1.09. The van der Waals surface area contributed by atoms with Crippen molar-refractivity contribution in [2.75, 3.05) is 13.2 Å². The van der Waals surface area contributed by atoms with Gasteiger partial charge in [-0.1, -0.05) is 0 Å². The second kappa shape index (κ2) is 6.40. The van der Waals surface area contributed by atoms with E-state index in [1.807, 2.05) is 5.32 Å². The van der Waals surface area contributed by atoms with Gasteiger partial charge in [0.05, 0.1) is 19.4 Å². The summed E-state index contributed by atoms with van der Waals surface area (Å²) in [6.45, 7) is -1.14. The minimum absolute atomic E-state index is 0.0414. The zero-order valence-corrected chi connectivity index (χ0v) is 9.25. The third kappa shape index (κ3) is 3.91. The van der Waals surface area contributed by atoms with E-state index in [0.29, 0.717) is 0 Å². The number of aliphatic hydroxyl groups excluding tert-OH is 1. The van der Waals surface area contributed by atoms with Crippen molar-refractivity contribution in [1.29, 1.82) is 0 Å². The smallest absolute Gasteiger partial charge is 0.328 e. The molecule has 1 atom stereocenters. The third-order valence-electron chi connectivity index (χ3n) is 1.97. The van der Waals surface area contributed by atoms with E-state index < -0.39 is 37.0 Å². The van der Waals surface area contributed by atoms with E-state index in [2.05, 4.69) is 5.32 Å². The third-order valence-corrected chi connectivity index (χ3v) is 1.97. The molecule has 4 N–H and O–H groups in total. The number of carbonyl (C=O) groups excluding carboxylic acids is 2. The molecule has 0 radical (unpaired) electrons. The van der Waals surface area contributed by atoms with Crippen molar-refractivity contribution in [3.63, 3.8) is 0 Å². The molecule has 0 fully saturated rings. The van der Waals surface area contributed by atoms with Gasteiger partial charge in [0.2, 0.25) is 5.91 Å². The first-order valence-corrected chi connectivity index (χ1v) is 4.99. The summed E-state index contributed by atoms with van der Waals surface area (Å²) in [6, 6.07) is 1.54. The van der Waals surface area contributed by atoms with Gasteiger partial charge in [-0.05, 0) is 12.1 Å². The number of aliphatic hydroxyl groups is 1. The lowest BCUT2D eigenvalue weighted by Gasteiger charge is -2.11. The Morgan fingerprint density at radius 3 is 2.61 bits per heavy atom. The van der Waals surface area contributed by atoms with Crippen molar-refractivity contribution < 1.29 is 29.0 Å². The highest BCUT2D eigenvalue weighted by Gasteiger charge is 2.19. The maximum atomic E-state index is 11.3. The number of carbonyl (C=O) groups is 3. The van der Waals surface area contributed by atoms with Crippen molar-refractivity contribution in [2.24, 2.45) is 0 Å². The zero-order chi connectivity index (χ0) is 13.5. The van der Waals surface area contributed by atoms with Crippen LogP contribution in [0.4, 0.5) is 0 Å². The first kappa shape index (κ1) is 13.7. The number of hydrogen-bond donors (Lipinski definition) is 4. The van der Waals surface area contributed by atoms with E-state index in [1.165, 1.54) is 18.4 Å². The summed E-state index contributed by atoms with van der Waals surface area (Å²) >= 11 is 0. The topological polar surface area (TPSA) is 129 Å². The Morgan fingerprint density at radius 2 is 2.11 bits per heavy atom. The van der Waals surface area contributed by atoms with Crippen molar-refractivity contribution >= 4 is 17.8 Å². The normalized spacial score (nSPS) is 11.6. The van der Waals surface area contributed by atoms with Gasteiger partial charge >= 0.3 is 5.97 Å². The van der Waals surface area contributed by atoms with E-state index in [-0.39, 0.29) is 5.76 Å². The van der Waals surface area contributed by atoms with Gasteiger partial charge in [0, 0.05) is 0 Å². The summed E-state index contributed by atoms with van der Waals surface area (Å²) in [5.74, 6) is -2.63. The zero-order valence-electron chi connectivity index (χ0n) is 9.25. The Bertz CT molecular complexity index is 428. The molecule has 1 rings (SSSR count). The number of carboxylic acids is 1. The summed E-state index contributed by atoms with van der Waals surface area (Å²) < 4.78 is 4.79. The molecule has 1 aromatic heterocycles. The molecule has 0 aliphatic heterocycles. The Hall–Kier alpha value is -2.35. The minimum atomic E-state index is -1.39. The molecule has 2 amide bonds. The van der Waals surface area contributed by atoms with Crippen LogP contribution in [0, 0.1) is 0 Å². The molecule has 0 bridgehead atoms. The van der Waals surface area contributed by atoms with Gasteiger partial charge in [-0.3, -0.25) is 9.59 Å². The first-order chi connectivity index (χ1) is 8.54. The van der Waals surface area contributed by atoms with Gasteiger partial charge in [-0.15, -0.1) is 0 Å². The number of nitrogens with one attached hydrogen (secondary N) is 2. The highest BCUT2D eigenvalue weighted by atomic mass is 16.4. The molecule has 0 aliphatic rings. The number of rotatable bonds is 6. The first-order valence-electron chi connectivity index (χ1n) is 4.99. The monoisotopic (exact) mass is 256 g/mol. The predicted molar refractivity (Wildman–Crippen MR) is 57.7 cm³/mol. The summed E-state index contributed by atoms with van der Waals surface area (Å²) in [7, 11) is 0. The molecule has 0 saturated heterocycles. The maximum Gasteiger partial charge on any atom is 0.328 e. The molecule has 8 heteroatoms. The molecule has 18 heavy (non-hydrogen) atoms. The standard InChI is InChI=1S/C10H12N2O6/c13-5-6(10(16)17)12-8(14)4-11-9(15)7-2-1-3-18-7/h1-3,6,13H,4-5H2,(H,11,15)(H,12,14)(H,16,17). The number of hydrogen-bond acceptors (Lipinski definition) is 5. The maximum absolute atomic E-state index is 11.3. The quantitative estimate of drug-likeness (QED) is 0.494. The Kier molecular flexibility index (Phi) is 4.88. The Morgan fingerprint density at radius 1 is 1.39 bits per heavy atom. The average Bonchev–Trinajstić information content (AvgIpc) is 2.86. The molecule has 1 aromatic rings. The second-order valence-electron chi connectivity index (χ2n) is 3.30. The van der Waals surface area contributed by atoms with Crippen LogP contribution in [0.1, 0.15) is 10.6 Å². The van der Waals surface area contributed by atoms with Crippen LogP contribution < -0.4 is 10.6 Å². The number of furan rings is 1. The number of amides is 2. The lowest BCUT2D eigenvalue weighted by atomic mass is 10.3. The van der Waals surface area contributed by atoms with Crippen molar-refractivity contribution in [1.82, 2.24) is 10.6 Å². The summed E-state index contributed by atoms with van der Waals surface area (Å²) in [5.41, 5.74) is 0. The van der Waals surface area contributed by atoms with Gasteiger partial charge in [-0.25, -0.2) is 4.79 Å². The fourth-order valence-corrected chi connectivity index (χ4v) is 1.09. The van der Waals surface area contributed by atoms with Crippen molar-refractivity contribution in [3.05, 3.63) is 24.2 Å². The SMILES string of the molecule is O=C(CNC(=O)c1ccco1)NC(CO)C(=O)O. The van der Waals surface area contributed by atoms with Gasteiger partial charge < -0.3 is 25.3 Å². The highest BCUT2D eigenvalue weighted by Crippen LogP contribution is 1.98. The number of aliphatic carboxylic acids is 1. The summed E-state index contributed by atoms with van der Waals surface area (Å²) in [6.07, 6.45) is 1.31. The Balaban J connectivity index is 2.37. The van der Waals surface area contributed by atoms with Crippen LogP contribution in [0.15, 0.2) is 22.8 Å². The van der Waals surface area contributed by atoms with Crippen LogP contribution in [0.3, 0.4) is 0 Å². The van der Waals surface area contributed by atoms with Gasteiger partial charge in [0.25, 0.3) is 5.91 Å². The molecular formula is C10H12N2O6. The summed E-state index contributed by atoms with van der Waals surface area (Å²) in [4.78, 5) is 33.1. The molecule has 0 aromatic carbocycles. The Labute approximate surface area is 102 Å². The van der Waals surface area contributed by atoms with Crippen LogP contribution in [-0.4, -0.2) is 47.2 Å². The predicted octanol–water partition coefficient (Wildman–Crippen LogP) is -1.43. The lowest BCUT2D eigenvalue weighted by molar-refractivity contribution is -0.142. The molecule has 0 spiro atoms. The van der Waals surface area contributed by atoms with Crippen LogP contribution in [0.25, 0.3) is 0 Å². The molecule has 98 valence electrons. The molecule has 0 aliphatic carbocycles. The second-order valence-corrected chi connectivity index (χ2v) is 3.30. The molecule has 8 nitrogen and oxygen atoms in total. The van der Waals surface area contributed by atoms with Crippen LogP contribution in [0.2, 0.25) is 0 Å². The van der Waals surface area contributed by atoms with Crippen LogP contribution in [-0.2, 0) is 9.59 Å². The van der Waals surface area contributed by atoms with Crippen molar-refractivity contribution in [3.8, 4) is 0 Å². The fraction of sp³-hybridized carbons (Fsp3) is 0.300. The molecule has 0 saturated carbocycles. The largest absolute Gasteiger partial charge is 0.480 e. The minimum Gasteiger partial charge on any atom is -0.480 e. The summed E-state index contributed by atoms with van der Waals surface area (Å²) in [5, 5.41) is 21.5.